The van der Waals surface area contributed by atoms with Crippen molar-refractivity contribution in [1.82, 2.24) is 0 Å². The number of carbonyl (C=O) groups is 3. The van der Waals surface area contributed by atoms with Gasteiger partial charge in [0.25, 0.3) is 0 Å². The largest absolute Gasteiger partial charge is 0.478 e. The Bertz CT molecular complexity index is 1020. The predicted octanol–water partition coefficient (Wildman–Crippen LogP) is 7.03. The van der Waals surface area contributed by atoms with Gasteiger partial charge in [-0.05, 0) is 117 Å². The normalized spacial score (nSPS) is 47.4. The van der Waals surface area contributed by atoms with Gasteiger partial charge in [-0.2, -0.15) is 0 Å². The summed E-state index contributed by atoms with van der Waals surface area (Å²) in [4.78, 5) is 37.8. The topological polar surface area (TPSA) is 71.4 Å². The highest BCUT2D eigenvalue weighted by molar-refractivity contribution is 5.99. The van der Waals surface area contributed by atoms with Crippen LogP contribution in [-0.4, -0.2) is 22.6 Å². The zero-order valence-electron chi connectivity index (χ0n) is 23.1. The van der Waals surface area contributed by atoms with Gasteiger partial charge in [0.2, 0.25) is 0 Å². The molecule has 0 radical (unpaired) electrons. The minimum absolute atomic E-state index is 0.0348. The van der Waals surface area contributed by atoms with Crippen LogP contribution in [0, 0.1) is 57.2 Å². The maximum absolute atomic E-state index is 13.6. The third-order valence-electron chi connectivity index (χ3n) is 12.8. The second-order valence-corrected chi connectivity index (χ2v) is 14.4. The minimum atomic E-state index is -1.05. The lowest BCUT2D eigenvalue weighted by Crippen LogP contribution is -2.63. The van der Waals surface area contributed by atoms with Gasteiger partial charge in [-0.15, -0.1) is 0 Å². The van der Waals surface area contributed by atoms with Crippen LogP contribution >= 0.6 is 0 Å². The van der Waals surface area contributed by atoms with E-state index in [9.17, 15) is 19.5 Å². The number of ketones is 2. The van der Waals surface area contributed by atoms with Crippen molar-refractivity contribution in [2.75, 3.05) is 0 Å². The molecular formula is C32H46O4. The Morgan fingerprint density at radius 2 is 1.58 bits per heavy atom. The molecule has 0 saturated heterocycles. The zero-order chi connectivity index (χ0) is 26.3. The van der Waals surface area contributed by atoms with Gasteiger partial charge in [0.05, 0.1) is 0 Å². The smallest absolute Gasteiger partial charge is 0.328 e. The molecule has 4 heteroatoms. The van der Waals surface area contributed by atoms with E-state index in [0.29, 0.717) is 41.8 Å². The van der Waals surface area contributed by atoms with Gasteiger partial charge in [-0.25, -0.2) is 4.79 Å². The van der Waals surface area contributed by atoms with E-state index in [0.717, 1.165) is 51.0 Å². The number of rotatable bonds is 4. The second-order valence-electron chi connectivity index (χ2n) is 14.4. The highest BCUT2D eigenvalue weighted by atomic mass is 16.4. The number of carboxylic acids is 1. The Labute approximate surface area is 217 Å². The summed E-state index contributed by atoms with van der Waals surface area (Å²) in [6.07, 6.45) is 12.6. The molecule has 5 saturated carbocycles. The van der Waals surface area contributed by atoms with E-state index >= 15 is 0 Å². The predicted molar refractivity (Wildman–Crippen MR) is 141 cm³/mol. The van der Waals surface area contributed by atoms with Crippen LogP contribution in [0.1, 0.15) is 98.8 Å². The van der Waals surface area contributed by atoms with Crippen LogP contribution < -0.4 is 0 Å². The molecule has 0 aromatic carbocycles. The van der Waals surface area contributed by atoms with Gasteiger partial charge in [-0.3, -0.25) is 9.59 Å². The number of hydrogen-bond donors (Lipinski definition) is 1. The molecule has 0 aliphatic heterocycles. The van der Waals surface area contributed by atoms with Crippen LogP contribution in [0.5, 0.6) is 0 Å². The number of carbonyl (C=O) groups excluding carboxylic acids is 2. The molecule has 5 fully saturated rings. The van der Waals surface area contributed by atoms with Crippen LogP contribution in [0.4, 0.5) is 0 Å². The summed E-state index contributed by atoms with van der Waals surface area (Å²) in [7, 11) is 0. The average Bonchev–Trinajstić information content (AvgIpc) is 3.21. The molecule has 0 bridgehead atoms. The van der Waals surface area contributed by atoms with Crippen molar-refractivity contribution in [1.29, 1.82) is 0 Å². The van der Waals surface area contributed by atoms with E-state index in [1.807, 2.05) is 0 Å². The fraction of sp³-hybridized carbons (Fsp3) is 0.781. The number of allylic oxidation sites excluding steroid dienone is 2. The summed E-state index contributed by atoms with van der Waals surface area (Å²) in [6.45, 7) is 16.0. The van der Waals surface area contributed by atoms with Crippen LogP contribution in [0.25, 0.3) is 0 Å². The molecule has 5 unspecified atom stereocenters. The molecule has 0 spiro atoms. The minimum Gasteiger partial charge on any atom is -0.478 e. The fourth-order valence-corrected chi connectivity index (χ4v) is 11.3. The molecule has 5 aliphatic rings. The first-order chi connectivity index (χ1) is 16.8. The number of hydrogen-bond acceptors (Lipinski definition) is 3. The van der Waals surface area contributed by atoms with E-state index < -0.39 is 11.4 Å². The molecule has 36 heavy (non-hydrogen) atoms. The van der Waals surface area contributed by atoms with Gasteiger partial charge < -0.3 is 5.11 Å². The van der Waals surface area contributed by atoms with Crippen molar-refractivity contribution < 1.29 is 19.5 Å². The summed E-state index contributed by atoms with van der Waals surface area (Å²) >= 11 is 0. The SMILES string of the molecule is C=C(C)[C@@H]1CC[C@]2(C(=O)C=CC(=O)O)CCC3C(CCC4[C@@]3(C)CCC3C(C)(C)C(=O)CC[C@@]34C)C12. The molecule has 0 aromatic heterocycles. The number of carboxylic acid groups (broad SMARTS) is 1. The quantitative estimate of drug-likeness (QED) is 0.336. The van der Waals surface area contributed by atoms with Crippen molar-refractivity contribution in [3.8, 4) is 0 Å². The Hall–Kier alpha value is -1.71. The number of Topliss-reactive ketones (excluding diaryl/α,β-unsaturated/α-hetero) is 1. The highest BCUT2D eigenvalue weighted by Crippen LogP contribution is 2.73. The number of aliphatic carboxylic acids is 1. The first kappa shape index (κ1) is 25.9. The van der Waals surface area contributed by atoms with Gasteiger partial charge in [0, 0.05) is 23.3 Å². The molecular weight excluding hydrogens is 448 g/mol. The molecule has 0 heterocycles. The fourth-order valence-electron chi connectivity index (χ4n) is 11.3. The van der Waals surface area contributed by atoms with E-state index in [4.69, 9.17) is 0 Å². The summed E-state index contributed by atoms with van der Waals surface area (Å²) in [5.41, 5.74) is 0.965. The molecule has 5 aliphatic carbocycles. The maximum atomic E-state index is 13.6. The molecule has 0 amide bonds. The molecule has 198 valence electrons. The lowest BCUT2D eigenvalue weighted by molar-refractivity contribution is -0.198. The second kappa shape index (κ2) is 8.40. The summed E-state index contributed by atoms with van der Waals surface area (Å²) in [6, 6.07) is 0. The van der Waals surface area contributed by atoms with Crippen LogP contribution in [-0.2, 0) is 14.4 Å². The summed E-state index contributed by atoms with van der Waals surface area (Å²) < 4.78 is 0. The summed E-state index contributed by atoms with van der Waals surface area (Å²) in [5.74, 6) is 2.21. The lowest BCUT2D eigenvalue weighted by atomic mass is 9.36. The molecule has 1 N–H and O–H groups in total. The van der Waals surface area contributed by atoms with E-state index in [1.54, 1.807) is 0 Å². The third kappa shape index (κ3) is 3.41. The van der Waals surface area contributed by atoms with Gasteiger partial charge in [0.1, 0.15) is 5.78 Å². The zero-order valence-corrected chi connectivity index (χ0v) is 23.1. The Kier molecular flexibility index (Phi) is 6.05. The first-order valence-corrected chi connectivity index (χ1v) is 14.4. The highest BCUT2D eigenvalue weighted by Gasteiger charge is 2.68. The Morgan fingerprint density at radius 3 is 2.25 bits per heavy atom. The number of fused-ring (bicyclic) bond motifs is 7. The first-order valence-electron chi connectivity index (χ1n) is 14.4. The van der Waals surface area contributed by atoms with Crippen LogP contribution in [0.3, 0.4) is 0 Å². The monoisotopic (exact) mass is 494 g/mol. The van der Waals surface area contributed by atoms with Crippen LogP contribution in [0.2, 0.25) is 0 Å². The standard InChI is InChI=1S/C32H46O4/c1-19(2)20-11-17-32(26(34)9-10-27(35)36)18-12-22-21(28(20)32)7-8-24-30(22,5)15-13-23-29(3,4)25(33)14-16-31(23,24)6/h9-10,20-24,28H,1,7-8,11-18H2,2-6H3,(H,35,36)/t20-,21?,22?,23?,24?,28?,30-,31-,32+/m0/s1. The van der Waals surface area contributed by atoms with Gasteiger partial charge in [-0.1, -0.05) is 39.8 Å². The van der Waals surface area contributed by atoms with E-state index in [1.165, 1.54) is 24.5 Å². The van der Waals surface area contributed by atoms with Crippen molar-refractivity contribution in [2.45, 2.75) is 98.8 Å². The van der Waals surface area contributed by atoms with Crippen LogP contribution in [0.15, 0.2) is 24.3 Å². The summed E-state index contributed by atoms with van der Waals surface area (Å²) in [5, 5.41) is 9.19. The van der Waals surface area contributed by atoms with E-state index in [-0.39, 0.29) is 27.9 Å². The van der Waals surface area contributed by atoms with Crippen molar-refractivity contribution in [3.63, 3.8) is 0 Å². The molecule has 9 atom stereocenters. The maximum Gasteiger partial charge on any atom is 0.328 e. The molecule has 4 nitrogen and oxygen atoms in total. The average molecular weight is 495 g/mol. The van der Waals surface area contributed by atoms with Crippen molar-refractivity contribution in [2.24, 2.45) is 57.2 Å². The Morgan fingerprint density at radius 1 is 0.889 bits per heavy atom. The van der Waals surface area contributed by atoms with Gasteiger partial charge in [0.15, 0.2) is 5.78 Å². The Balaban J connectivity index is 1.51. The van der Waals surface area contributed by atoms with Crippen molar-refractivity contribution in [3.05, 3.63) is 24.3 Å². The van der Waals surface area contributed by atoms with Crippen molar-refractivity contribution >= 4 is 17.5 Å². The molecule has 0 aromatic rings. The lowest BCUT2D eigenvalue weighted by Gasteiger charge is -2.68. The molecule has 5 rings (SSSR count). The third-order valence-corrected chi connectivity index (χ3v) is 12.8. The van der Waals surface area contributed by atoms with E-state index in [2.05, 4.69) is 41.2 Å². The van der Waals surface area contributed by atoms with Gasteiger partial charge >= 0.3 is 5.97 Å².